The molecule has 11 heteroatoms. The Labute approximate surface area is 222 Å². The van der Waals surface area contributed by atoms with Gasteiger partial charge in [0.1, 0.15) is 29.2 Å². The molecular weight excluding hydrogens is 523 g/mol. The van der Waals surface area contributed by atoms with E-state index in [0.29, 0.717) is 38.9 Å². The van der Waals surface area contributed by atoms with Crippen molar-refractivity contribution < 1.29 is 14.4 Å². The highest BCUT2D eigenvalue weighted by atomic mass is 35.5. The molecule has 0 amide bonds. The van der Waals surface area contributed by atoms with Crippen LogP contribution >= 0.6 is 35.0 Å². The lowest BCUT2D eigenvalue weighted by Crippen LogP contribution is -2.11. The summed E-state index contributed by atoms with van der Waals surface area (Å²) >= 11 is 13.7. The Bertz CT molecular complexity index is 1350. The molecule has 4 aromatic rings. The fourth-order valence-electron chi connectivity index (χ4n) is 3.50. The van der Waals surface area contributed by atoms with Crippen LogP contribution in [0.25, 0.3) is 5.69 Å². The van der Waals surface area contributed by atoms with Gasteiger partial charge in [0, 0.05) is 15.6 Å². The van der Waals surface area contributed by atoms with E-state index in [4.69, 9.17) is 32.7 Å². The van der Waals surface area contributed by atoms with Crippen molar-refractivity contribution in [1.82, 2.24) is 14.8 Å². The number of hydrogen-bond acceptors (Lipinski definition) is 7. The van der Waals surface area contributed by atoms with E-state index in [2.05, 4.69) is 10.2 Å². The summed E-state index contributed by atoms with van der Waals surface area (Å²) < 4.78 is 12.9. The van der Waals surface area contributed by atoms with Gasteiger partial charge in [-0.25, -0.2) is 0 Å². The van der Waals surface area contributed by atoms with E-state index in [1.165, 1.54) is 11.8 Å². The van der Waals surface area contributed by atoms with Crippen molar-refractivity contribution in [3.05, 3.63) is 104 Å². The van der Waals surface area contributed by atoms with Gasteiger partial charge in [0.2, 0.25) is 6.54 Å². The van der Waals surface area contributed by atoms with Gasteiger partial charge < -0.3 is 9.47 Å². The molecule has 0 aliphatic carbocycles. The molecule has 1 heterocycles. The molecule has 0 saturated carbocycles. The molecule has 1 atom stereocenters. The quantitative estimate of drug-likeness (QED) is 0.126. The topological polar surface area (TPSA) is 92.3 Å². The van der Waals surface area contributed by atoms with E-state index in [1.807, 2.05) is 47.9 Å². The first-order chi connectivity index (χ1) is 17.3. The van der Waals surface area contributed by atoms with Crippen LogP contribution in [0.5, 0.6) is 11.5 Å². The normalized spacial score (nSPS) is 11.8. The van der Waals surface area contributed by atoms with Crippen LogP contribution in [-0.4, -0.2) is 33.3 Å². The van der Waals surface area contributed by atoms with Crippen molar-refractivity contribution in [2.24, 2.45) is 0 Å². The molecule has 0 aliphatic rings. The Kier molecular flexibility index (Phi) is 8.35. The Balaban J connectivity index is 1.56. The molecule has 0 bridgehead atoms. The zero-order valence-corrected chi connectivity index (χ0v) is 21.8. The third kappa shape index (κ3) is 6.29. The van der Waals surface area contributed by atoms with Crippen LogP contribution < -0.4 is 9.47 Å². The van der Waals surface area contributed by atoms with Gasteiger partial charge in [0.05, 0.1) is 12.1 Å². The monoisotopic (exact) mass is 544 g/mol. The van der Waals surface area contributed by atoms with E-state index >= 15 is 0 Å². The first kappa shape index (κ1) is 25.8. The van der Waals surface area contributed by atoms with E-state index in [9.17, 15) is 10.1 Å². The number of benzene rings is 3. The zero-order valence-electron chi connectivity index (χ0n) is 19.4. The van der Waals surface area contributed by atoms with Gasteiger partial charge >= 0.3 is 0 Å². The van der Waals surface area contributed by atoms with Crippen molar-refractivity contribution >= 4 is 35.0 Å². The second-order valence-corrected chi connectivity index (χ2v) is 9.80. The van der Waals surface area contributed by atoms with Gasteiger partial charge in [0.25, 0.3) is 0 Å². The molecule has 0 saturated heterocycles. The highest BCUT2D eigenvalue weighted by Crippen LogP contribution is 2.39. The second-order valence-electron chi connectivity index (χ2n) is 7.79. The summed E-state index contributed by atoms with van der Waals surface area (Å²) in [4.78, 5) is 11.2. The molecule has 8 nitrogen and oxygen atoms in total. The van der Waals surface area contributed by atoms with E-state index in [1.54, 1.807) is 37.4 Å². The van der Waals surface area contributed by atoms with Gasteiger partial charge in [-0.2, -0.15) is 0 Å². The van der Waals surface area contributed by atoms with Crippen LogP contribution in [0.4, 0.5) is 0 Å². The average Bonchev–Trinajstić information content (AvgIpc) is 3.23. The first-order valence-corrected chi connectivity index (χ1v) is 12.5. The molecule has 0 spiro atoms. The minimum absolute atomic E-state index is 0.313. The van der Waals surface area contributed by atoms with Crippen LogP contribution in [-0.2, 0) is 6.61 Å². The maximum atomic E-state index is 11.5. The number of nitro groups is 1. The number of aromatic nitrogens is 3. The number of ether oxygens (including phenoxy) is 2. The lowest BCUT2D eigenvalue weighted by Gasteiger charge is -2.16. The number of nitrogens with zero attached hydrogens (tertiary/aromatic N) is 4. The summed E-state index contributed by atoms with van der Waals surface area (Å²) in [6.07, 6.45) is 0. The highest BCUT2D eigenvalue weighted by molar-refractivity contribution is 7.99. The van der Waals surface area contributed by atoms with Crippen molar-refractivity contribution in [2.45, 2.75) is 23.9 Å². The van der Waals surface area contributed by atoms with Crippen molar-refractivity contribution in [3.63, 3.8) is 0 Å². The maximum Gasteiger partial charge on any atom is 0.220 e. The van der Waals surface area contributed by atoms with Crippen LogP contribution in [0.15, 0.2) is 71.9 Å². The lowest BCUT2D eigenvalue weighted by molar-refractivity contribution is -0.479. The number of hydrogen-bond donors (Lipinski definition) is 0. The van der Waals surface area contributed by atoms with E-state index in [0.717, 1.165) is 17.0 Å². The summed E-state index contributed by atoms with van der Waals surface area (Å²) in [5.41, 5.74) is 2.45. The number of rotatable bonds is 10. The SMILES string of the molecule is COc1ccc(-n2c(C)nnc2S[C@H](C[N+](=O)[O-])c2ccc(OCc3ccc(Cl)cc3)c(Cl)c2)cc1. The predicted octanol–water partition coefficient (Wildman–Crippen LogP) is 6.58. The van der Waals surface area contributed by atoms with Crippen LogP contribution in [0.1, 0.15) is 22.2 Å². The molecule has 4 rings (SSSR count). The number of methoxy groups -OCH3 is 1. The summed E-state index contributed by atoms with van der Waals surface area (Å²) in [5, 5.41) is 21.0. The highest BCUT2D eigenvalue weighted by Gasteiger charge is 2.24. The van der Waals surface area contributed by atoms with Crippen LogP contribution in [0.2, 0.25) is 10.0 Å². The summed E-state index contributed by atoms with van der Waals surface area (Å²) in [6, 6.07) is 19.9. The smallest absolute Gasteiger partial charge is 0.220 e. The fraction of sp³-hybridized carbons (Fsp3) is 0.200. The molecular formula is C25H22Cl2N4O4S. The Morgan fingerprint density at radius 2 is 1.78 bits per heavy atom. The third-order valence-electron chi connectivity index (χ3n) is 5.32. The van der Waals surface area contributed by atoms with Gasteiger partial charge in [-0.1, -0.05) is 53.2 Å². The molecule has 0 radical (unpaired) electrons. The Morgan fingerprint density at radius 1 is 1.06 bits per heavy atom. The number of aryl methyl sites for hydroxylation is 1. The third-order valence-corrected chi connectivity index (χ3v) is 7.05. The van der Waals surface area contributed by atoms with Crippen LogP contribution in [0.3, 0.4) is 0 Å². The molecule has 0 aliphatic heterocycles. The maximum absolute atomic E-state index is 11.5. The molecule has 36 heavy (non-hydrogen) atoms. The molecule has 1 aromatic heterocycles. The largest absolute Gasteiger partial charge is 0.497 e. The summed E-state index contributed by atoms with van der Waals surface area (Å²) in [5.74, 6) is 1.86. The van der Waals surface area contributed by atoms with Gasteiger partial charge in [-0.05, 0) is 66.6 Å². The fourth-order valence-corrected chi connectivity index (χ4v) is 5.03. The Hall–Kier alpha value is -3.27. The number of halogens is 2. The van der Waals surface area contributed by atoms with Gasteiger partial charge in [-0.15, -0.1) is 10.2 Å². The van der Waals surface area contributed by atoms with E-state index < -0.39 is 5.25 Å². The molecule has 3 aromatic carbocycles. The first-order valence-electron chi connectivity index (χ1n) is 10.9. The number of thioether (sulfide) groups is 1. The lowest BCUT2D eigenvalue weighted by atomic mass is 10.1. The van der Waals surface area contributed by atoms with Gasteiger partial charge in [0.15, 0.2) is 5.16 Å². The summed E-state index contributed by atoms with van der Waals surface area (Å²) in [7, 11) is 1.60. The molecule has 0 unspecified atom stereocenters. The van der Waals surface area contributed by atoms with Crippen molar-refractivity contribution in [2.75, 3.05) is 13.7 Å². The minimum atomic E-state index is -0.552. The summed E-state index contributed by atoms with van der Waals surface area (Å²) in [6.45, 7) is 1.82. The van der Waals surface area contributed by atoms with E-state index in [-0.39, 0.29) is 11.5 Å². The molecule has 0 fully saturated rings. The van der Waals surface area contributed by atoms with Gasteiger partial charge in [-0.3, -0.25) is 14.7 Å². The predicted molar refractivity (Wildman–Crippen MR) is 140 cm³/mol. The molecule has 0 N–H and O–H groups in total. The standard InChI is InChI=1S/C25H22Cl2N4O4S/c1-16-28-29-25(31(16)20-8-10-21(34-2)11-9-20)36-24(14-30(32)33)18-5-12-23(22(27)13-18)35-15-17-3-6-19(26)7-4-17/h3-13,24H,14-15H2,1-2H3/t24-/m1/s1. The zero-order chi connectivity index (χ0) is 25.7. The van der Waals surface area contributed by atoms with Crippen molar-refractivity contribution in [1.29, 1.82) is 0 Å². The van der Waals surface area contributed by atoms with Crippen molar-refractivity contribution in [3.8, 4) is 17.2 Å². The van der Waals surface area contributed by atoms with Crippen LogP contribution in [0, 0.1) is 17.0 Å². The Morgan fingerprint density at radius 3 is 2.42 bits per heavy atom. The minimum Gasteiger partial charge on any atom is -0.497 e. The average molecular weight is 545 g/mol. The molecule has 186 valence electrons. The second kappa shape index (κ2) is 11.6.